The normalized spacial score (nSPS) is 11.5. The lowest BCUT2D eigenvalue weighted by Gasteiger charge is -2.15. The molecule has 96 valence electrons. The first-order chi connectivity index (χ1) is 8.41. The number of benzene rings is 1. The quantitative estimate of drug-likeness (QED) is 0.864. The zero-order valence-corrected chi connectivity index (χ0v) is 11.9. The van der Waals surface area contributed by atoms with Crippen LogP contribution in [0.15, 0.2) is 29.2 Å². The number of aryl methyl sites for hydroxylation is 2. The van der Waals surface area contributed by atoms with Gasteiger partial charge in [-0.3, -0.25) is 0 Å². The van der Waals surface area contributed by atoms with E-state index in [4.69, 9.17) is 0 Å². The van der Waals surface area contributed by atoms with Crippen LogP contribution in [0.25, 0.3) is 0 Å². The maximum atomic E-state index is 12.3. The minimum absolute atomic E-state index is 0.253. The number of hydrogen-bond acceptors (Lipinski definition) is 5. The minimum atomic E-state index is -3.55. The van der Waals surface area contributed by atoms with Gasteiger partial charge < -0.3 is 0 Å². The molecule has 0 atom stereocenters. The van der Waals surface area contributed by atoms with Gasteiger partial charge in [-0.25, -0.2) is 12.7 Å². The zero-order valence-electron chi connectivity index (χ0n) is 10.3. The summed E-state index contributed by atoms with van der Waals surface area (Å²) in [5.74, 6) is 0. The Morgan fingerprint density at radius 1 is 1.11 bits per heavy atom. The van der Waals surface area contributed by atoms with Gasteiger partial charge in [0.25, 0.3) is 10.0 Å². The maximum Gasteiger partial charge on any atom is 0.265 e. The number of anilines is 1. The summed E-state index contributed by atoms with van der Waals surface area (Å²) in [6.45, 7) is 3.70. The largest absolute Gasteiger partial charge is 0.265 e. The van der Waals surface area contributed by atoms with E-state index >= 15 is 0 Å². The lowest BCUT2D eigenvalue weighted by Crippen LogP contribution is -2.26. The summed E-state index contributed by atoms with van der Waals surface area (Å²) in [5, 5.41) is 8.76. The topological polar surface area (TPSA) is 63.2 Å². The first-order valence-electron chi connectivity index (χ1n) is 5.27. The van der Waals surface area contributed by atoms with E-state index in [1.165, 1.54) is 18.4 Å². The third-order valence-electron chi connectivity index (χ3n) is 2.46. The van der Waals surface area contributed by atoms with Crippen molar-refractivity contribution >= 4 is 26.5 Å². The van der Waals surface area contributed by atoms with Gasteiger partial charge in [-0.15, -0.1) is 10.2 Å². The monoisotopic (exact) mass is 283 g/mol. The summed E-state index contributed by atoms with van der Waals surface area (Å²) >= 11 is 1.25. The molecule has 0 spiro atoms. The number of nitrogens with zero attached hydrogens (tertiary/aromatic N) is 3. The predicted molar refractivity (Wildman–Crippen MR) is 71.4 cm³/mol. The molecule has 2 aromatic rings. The molecule has 0 N–H and O–H groups in total. The standard InChI is InChI=1S/C11H13N3O2S2/c1-8-4-6-10(7-5-8)18(15,16)14(3)11-13-12-9(2)17-11/h4-7H,1-3H3. The van der Waals surface area contributed by atoms with Crippen LogP contribution in [0.3, 0.4) is 0 Å². The van der Waals surface area contributed by atoms with E-state index < -0.39 is 10.0 Å². The summed E-state index contributed by atoms with van der Waals surface area (Å²) in [5.41, 5.74) is 1.02. The number of hydrogen-bond donors (Lipinski definition) is 0. The summed E-state index contributed by atoms with van der Waals surface area (Å²) in [4.78, 5) is 0.253. The Balaban J connectivity index is 2.39. The van der Waals surface area contributed by atoms with Crippen molar-refractivity contribution in [3.05, 3.63) is 34.8 Å². The summed E-state index contributed by atoms with van der Waals surface area (Å²) in [7, 11) is -2.07. The first-order valence-corrected chi connectivity index (χ1v) is 7.52. The van der Waals surface area contributed by atoms with Crippen LogP contribution in [0.1, 0.15) is 10.6 Å². The molecule has 0 saturated carbocycles. The summed E-state index contributed by atoms with van der Waals surface area (Å²) in [6, 6.07) is 6.72. The molecule has 0 amide bonds. The van der Waals surface area contributed by atoms with Crippen LogP contribution in [0.2, 0.25) is 0 Å². The first kappa shape index (κ1) is 13.0. The molecule has 0 radical (unpaired) electrons. The van der Waals surface area contributed by atoms with Crippen LogP contribution >= 0.6 is 11.3 Å². The molecule has 0 fully saturated rings. The highest BCUT2D eigenvalue weighted by Crippen LogP contribution is 2.24. The van der Waals surface area contributed by atoms with Crippen molar-refractivity contribution in [3.8, 4) is 0 Å². The van der Waals surface area contributed by atoms with Gasteiger partial charge in [-0.1, -0.05) is 29.0 Å². The average molecular weight is 283 g/mol. The second-order valence-electron chi connectivity index (χ2n) is 3.89. The Labute approximate surface area is 110 Å². The Morgan fingerprint density at radius 2 is 1.72 bits per heavy atom. The molecular weight excluding hydrogens is 270 g/mol. The van der Waals surface area contributed by atoms with Crippen molar-refractivity contribution in [3.63, 3.8) is 0 Å². The lowest BCUT2D eigenvalue weighted by molar-refractivity contribution is 0.594. The highest BCUT2D eigenvalue weighted by molar-refractivity contribution is 7.93. The average Bonchev–Trinajstić information content (AvgIpc) is 2.75. The van der Waals surface area contributed by atoms with Crippen molar-refractivity contribution in [1.29, 1.82) is 0 Å². The fourth-order valence-electron chi connectivity index (χ4n) is 1.38. The molecule has 0 saturated heterocycles. The van der Waals surface area contributed by atoms with Crippen LogP contribution < -0.4 is 4.31 Å². The van der Waals surface area contributed by atoms with Crippen LogP contribution in [-0.4, -0.2) is 25.7 Å². The van der Waals surface area contributed by atoms with Gasteiger partial charge in [0.1, 0.15) is 5.01 Å². The Hall–Kier alpha value is -1.47. The molecule has 1 aromatic carbocycles. The Kier molecular flexibility index (Phi) is 3.36. The van der Waals surface area contributed by atoms with Crippen molar-refractivity contribution < 1.29 is 8.42 Å². The molecule has 0 aliphatic carbocycles. The lowest BCUT2D eigenvalue weighted by atomic mass is 10.2. The van der Waals surface area contributed by atoms with E-state index in [0.717, 1.165) is 14.9 Å². The van der Waals surface area contributed by atoms with E-state index in [1.54, 1.807) is 31.2 Å². The molecule has 0 aliphatic rings. The van der Waals surface area contributed by atoms with Crippen molar-refractivity contribution in [1.82, 2.24) is 10.2 Å². The third kappa shape index (κ3) is 2.37. The van der Waals surface area contributed by atoms with Crippen LogP contribution in [-0.2, 0) is 10.0 Å². The molecule has 18 heavy (non-hydrogen) atoms. The fraction of sp³-hybridized carbons (Fsp3) is 0.273. The van der Waals surface area contributed by atoms with Crippen LogP contribution in [0, 0.1) is 13.8 Å². The minimum Gasteiger partial charge on any atom is -0.243 e. The van der Waals surface area contributed by atoms with E-state index in [9.17, 15) is 8.42 Å². The van der Waals surface area contributed by atoms with Gasteiger partial charge in [0.2, 0.25) is 5.13 Å². The molecule has 7 heteroatoms. The SMILES string of the molecule is Cc1ccc(S(=O)(=O)N(C)c2nnc(C)s2)cc1. The maximum absolute atomic E-state index is 12.3. The van der Waals surface area contributed by atoms with Crippen molar-refractivity contribution in [2.75, 3.05) is 11.4 Å². The summed E-state index contributed by atoms with van der Waals surface area (Å²) in [6.07, 6.45) is 0. The predicted octanol–water partition coefficient (Wildman–Crippen LogP) is 1.98. The van der Waals surface area contributed by atoms with Crippen LogP contribution in [0.5, 0.6) is 0 Å². The molecule has 0 unspecified atom stereocenters. The van der Waals surface area contributed by atoms with Crippen molar-refractivity contribution in [2.45, 2.75) is 18.7 Å². The molecule has 5 nitrogen and oxygen atoms in total. The van der Waals surface area contributed by atoms with Gasteiger partial charge in [0.15, 0.2) is 0 Å². The molecule has 1 aromatic heterocycles. The Bertz CT molecular complexity index is 647. The van der Waals surface area contributed by atoms with Gasteiger partial charge in [-0.2, -0.15) is 0 Å². The summed E-state index contributed by atoms with van der Waals surface area (Å²) < 4.78 is 25.8. The number of rotatable bonds is 3. The van der Waals surface area contributed by atoms with Gasteiger partial charge >= 0.3 is 0 Å². The molecular formula is C11H13N3O2S2. The smallest absolute Gasteiger partial charge is 0.243 e. The number of sulfonamides is 1. The Morgan fingerprint density at radius 3 is 2.22 bits per heavy atom. The highest BCUT2D eigenvalue weighted by atomic mass is 32.2. The van der Waals surface area contributed by atoms with E-state index in [0.29, 0.717) is 5.13 Å². The molecule has 0 bridgehead atoms. The van der Waals surface area contributed by atoms with Gasteiger partial charge in [0.05, 0.1) is 4.90 Å². The zero-order chi connectivity index (χ0) is 13.3. The second-order valence-corrected chi connectivity index (χ2v) is 7.02. The molecule has 2 rings (SSSR count). The van der Waals surface area contributed by atoms with Crippen molar-refractivity contribution in [2.24, 2.45) is 0 Å². The van der Waals surface area contributed by atoms with Gasteiger partial charge in [0, 0.05) is 7.05 Å². The fourth-order valence-corrected chi connectivity index (χ4v) is 3.39. The van der Waals surface area contributed by atoms with E-state index in [1.807, 2.05) is 6.92 Å². The third-order valence-corrected chi connectivity index (χ3v) is 5.26. The highest BCUT2D eigenvalue weighted by Gasteiger charge is 2.23. The molecule has 1 heterocycles. The van der Waals surface area contributed by atoms with Crippen LogP contribution in [0.4, 0.5) is 5.13 Å². The van der Waals surface area contributed by atoms with E-state index in [-0.39, 0.29) is 4.90 Å². The van der Waals surface area contributed by atoms with E-state index in [2.05, 4.69) is 10.2 Å². The number of aromatic nitrogens is 2. The van der Waals surface area contributed by atoms with Gasteiger partial charge in [-0.05, 0) is 26.0 Å². The second kappa shape index (κ2) is 4.66. The molecule has 0 aliphatic heterocycles.